The van der Waals surface area contributed by atoms with E-state index in [-0.39, 0.29) is 48.1 Å². The third-order valence-corrected chi connectivity index (χ3v) is 9.22. The van der Waals surface area contributed by atoms with Gasteiger partial charge in [0.15, 0.2) is 0 Å². The lowest BCUT2D eigenvalue weighted by molar-refractivity contribution is -0.138. The summed E-state index contributed by atoms with van der Waals surface area (Å²) < 4.78 is 58.0. The summed E-state index contributed by atoms with van der Waals surface area (Å²) in [4.78, 5) is 23.7. The summed E-state index contributed by atoms with van der Waals surface area (Å²) in [5, 5.41) is -0.742. The average Bonchev–Trinajstić information content (AvgIpc) is 2.71. The number of halogens is 2. The van der Waals surface area contributed by atoms with Gasteiger partial charge in [-0.05, 0) is 44.4 Å². The quantitative estimate of drug-likeness (QED) is 0.669. The van der Waals surface area contributed by atoms with Crippen LogP contribution >= 0.6 is 0 Å². The van der Waals surface area contributed by atoms with Crippen molar-refractivity contribution >= 4 is 21.6 Å². The van der Waals surface area contributed by atoms with E-state index in [1.165, 1.54) is 11.2 Å². The van der Waals surface area contributed by atoms with Gasteiger partial charge in [0, 0.05) is 36.6 Å². The van der Waals surface area contributed by atoms with Crippen LogP contribution in [0.4, 0.5) is 8.78 Å². The van der Waals surface area contributed by atoms with Gasteiger partial charge in [-0.3, -0.25) is 9.59 Å². The molecule has 2 aromatic carbocycles. The lowest BCUT2D eigenvalue weighted by atomic mass is 9.61. The molecule has 2 aromatic rings. The molecule has 1 heterocycles. The first-order chi connectivity index (χ1) is 15.1. The van der Waals surface area contributed by atoms with Gasteiger partial charge in [0.1, 0.15) is 28.5 Å². The van der Waals surface area contributed by atoms with Crippen molar-refractivity contribution in [2.24, 2.45) is 0 Å². The fourth-order valence-electron chi connectivity index (χ4n) is 4.85. The Morgan fingerprint density at radius 3 is 2.34 bits per heavy atom. The first kappa shape index (κ1) is 22.7. The summed E-state index contributed by atoms with van der Waals surface area (Å²) in [6.07, 6.45) is 0.758. The molecule has 0 N–H and O–H groups in total. The maximum absolute atomic E-state index is 15.1. The van der Waals surface area contributed by atoms with E-state index in [0.717, 1.165) is 12.1 Å². The van der Waals surface area contributed by atoms with Crippen molar-refractivity contribution in [2.45, 2.75) is 62.8 Å². The third-order valence-electron chi connectivity index (χ3n) is 6.85. The number of ketones is 2. The highest BCUT2D eigenvalue weighted by molar-refractivity contribution is 7.89. The van der Waals surface area contributed by atoms with Crippen molar-refractivity contribution in [3.8, 4) is 0 Å². The molecule has 0 bridgehead atoms. The fourth-order valence-corrected chi connectivity index (χ4v) is 7.03. The normalized spacial score (nSPS) is 24.7. The predicted molar refractivity (Wildman–Crippen MR) is 115 cm³/mol. The highest BCUT2D eigenvalue weighted by Crippen LogP contribution is 2.44. The van der Waals surface area contributed by atoms with Crippen LogP contribution in [0.15, 0.2) is 42.5 Å². The number of sulfonamides is 1. The predicted octanol–water partition coefficient (Wildman–Crippen LogP) is 4.21. The molecule has 0 spiro atoms. The third kappa shape index (κ3) is 3.69. The van der Waals surface area contributed by atoms with Crippen LogP contribution in [0.1, 0.15) is 61.5 Å². The summed E-state index contributed by atoms with van der Waals surface area (Å²) in [6.45, 7) is 2.72. The van der Waals surface area contributed by atoms with E-state index >= 15 is 8.78 Å². The molecule has 2 aliphatic rings. The molecule has 1 saturated heterocycles. The van der Waals surface area contributed by atoms with Crippen LogP contribution in [-0.4, -0.2) is 30.3 Å². The van der Waals surface area contributed by atoms with E-state index in [0.29, 0.717) is 18.4 Å². The summed E-state index contributed by atoms with van der Waals surface area (Å²) in [7, 11) is -3.80. The van der Waals surface area contributed by atoms with Crippen molar-refractivity contribution < 1.29 is 26.8 Å². The van der Waals surface area contributed by atoms with Gasteiger partial charge in [0.2, 0.25) is 10.0 Å². The van der Waals surface area contributed by atoms with Gasteiger partial charge in [-0.2, -0.15) is 4.31 Å². The molecule has 8 heteroatoms. The van der Waals surface area contributed by atoms with Crippen LogP contribution in [0.5, 0.6) is 0 Å². The van der Waals surface area contributed by atoms with Crippen LogP contribution in [-0.2, 0) is 31.6 Å². The minimum absolute atomic E-state index is 0.0975. The van der Waals surface area contributed by atoms with Crippen LogP contribution < -0.4 is 0 Å². The summed E-state index contributed by atoms with van der Waals surface area (Å²) in [6, 6.07) is 10.4. The minimum Gasteiger partial charge on any atom is -0.300 e. The number of rotatable bonds is 5. The highest BCUT2D eigenvalue weighted by Gasteiger charge is 2.50. The molecule has 170 valence electrons. The second-order valence-electron chi connectivity index (χ2n) is 8.87. The Bertz CT molecular complexity index is 1170. The topological polar surface area (TPSA) is 71.5 Å². The van der Waals surface area contributed by atoms with Crippen molar-refractivity contribution in [1.29, 1.82) is 0 Å². The lowest BCUT2D eigenvalue weighted by Crippen LogP contribution is -2.48. The van der Waals surface area contributed by atoms with Crippen LogP contribution in [0.3, 0.4) is 0 Å². The number of nitrogens with zero attached hydrogens (tertiary/aromatic N) is 1. The molecular weight excluding hydrogens is 436 g/mol. The standard InChI is InChI=1S/C24H25F2NO4S/c1-15-8-9-23(17-6-4-3-5-7-17)32(30,31)27(15)14-18-10-22(26)20(11-21(18)25)24(16(2)28)12-19(29)13-24/h3-7,10-11,15,23H,8-9,12-14H2,1-2H3/t15-,23+/m0/s1. The number of benzene rings is 2. The van der Waals surface area contributed by atoms with E-state index in [4.69, 9.17) is 0 Å². The maximum Gasteiger partial charge on any atom is 0.221 e. The van der Waals surface area contributed by atoms with Crippen molar-refractivity contribution in [3.63, 3.8) is 0 Å². The summed E-state index contributed by atoms with van der Waals surface area (Å²) >= 11 is 0. The lowest BCUT2D eigenvalue weighted by Gasteiger charge is -2.39. The molecule has 5 nitrogen and oxygen atoms in total. The molecule has 0 radical (unpaired) electrons. The molecule has 32 heavy (non-hydrogen) atoms. The zero-order valence-electron chi connectivity index (χ0n) is 18.0. The first-order valence-corrected chi connectivity index (χ1v) is 12.1. The average molecular weight is 462 g/mol. The first-order valence-electron chi connectivity index (χ1n) is 10.6. The molecule has 1 aliphatic carbocycles. The molecule has 0 unspecified atom stereocenters. The smallest absolute Gasteiger partial charge is 0.221 e. The van der Waals surface area contributed by atoms with Crippen molar-refractivity contribution in [2.75, 3.05) is 0 Å². The van der Waals surface area contributed by atoms with E-state index in [9.17, 15) is 18.0 Å². The second kappa shape index (κ2) is 8.15. The fraction of sp³-hybridized carbons (Fsp3) is 0.417. The van der Waals surface area contributed by atoms with E-state index in [2.05, 4.69) is 0 Å². The van der Waals surface area contributed by atoms with Gasteiger partial charge >= 0.3 is 0 Å². The van der Waals surface area contributed by atoms with Gasteiger partial charge < -0.3 is 0 Å². The monoisotopic (exact) mass is 461 g/mol. The van der Waals surface area contributed by atoms with Crippen molar-refractivity contribution in [1.82, 2.24) is 4.31 Å². The molecule has 4 rings (SSSR count). The molecule has 1 saturated carbocycles. The van der Waals surface area contributed by atoms with E-state index in [1.807, 2.05) is 6.07 Å². The zero-order chi connectivity index (χ0) is 23.3. The summed E-state index contributed by atoms with van der Waals surface area (Å²) in [5.41, 5.74) is -0.893. The number of carbonyl (C=O) groups excluding carboxylic acids is 2. The van der Waals surface area contributed by atoms with Crippen molar-refractivity contribution in [3.05, 3.63) is 70.8 Å². The molecule has 2 atom stereocenters. The maximum atomic E-state index is 15.1. The Kier molecular flexibility index (Phi) is 5.79. The number of carbonyl (C=O) groups is 2. The zero-order valence-corrected chi connectivity index (χ0v) is 18.8. The number of hydrogen-bond acceptors (Lipinski definition) is 4. The van der Waals surface area contributed by atoms with Gasteiger partial charge in [-0.15, -0.1) is 0 Å². The largest absolute Gasteiger partial charge is 0.300 e. The number of Topliss-reactive ketones (excluding diaryl/α,β-unsaturated/α-hetero) is 2. The Hall–Kier alpha value is -2.45. The minimum atomic E-state index is -3.80. The second-order valence-corrected chi connectivity index (χ2v) is 10.9. The van der Waals surface area contributed by atoms with E-state index in [1.54, 1.807) is 31.2 Å². The SMILES string of the molecule is CC(=O)C1(c2cc(F)c(CN3[C@@H](C)CC[C@H](c4ccccc4)S3(=O)=O)cc2F)CC(=O)C1. The molecule has 0 amide bonds. The Balaban J connectivity index is 1.67. The van der Waals surface area contributed by atoms with Crippen LogP contribution in [0.25, 0.3) is 0 Å². The molecule has 2 fully saturated rings. The molecule has 1 aliphatic heterocycles. The molecular formula is C24H25F2NO4S. The highest BCUT2D eigenvalue weighted by atomic mass is 32.2. The van der Waals surface area contributed by atoms with Gasteiger partial charge in [-0.25, -0.2) is 17.2 Å². The molecule has 0 aromatic heterocycles. The van der Waals surface area contributed by atoms with E-state index < -0.39 is 32.3 Å². The Morgan fingerprint density at radius 2 is 1.75 bits per heavy atom. The van der Waals surface area contributed by atoms with Gasteiger partial charge in [0.05, 0.1) is 5.41 Å². The van der Waals surface area contributed by atoms with Gasteiger partial charge in [-0.1, -0.05) is 30.3 Å². The number of hydrogen-bond donors (Lipinski definition) is 0. The van der Waals surface area contributed by atoms with Gasteiger partial charge in [0.25, 0.3) is 0 Å². The Labute approximate surface area is 186 Å². The van der Waals surface area contributed by atoms with Crippen LogP contribution in [0.2, 0.25) is 0 Å². The Morgan fingerprint density at radius 1 is 1.09 bits per heavy atom. The van der Waals surface area contributed by atoms with Crippen LogP contribution in [0, 0.1) is 11.6 Å². The summed E-state index contributed by atoms with van der Waals surface area (Å²) in [5.74, 6) is -2.15.